The van der Waals surface area contributed by atoms with Gasteiger partial charge >= 0.3 is 0 Å². The van der Waals surface area contributed by atoms with Gasteiger partial charge in [-0.15, -0.1) is 0 Å². The number of carbonyl (C=O) groups is 1. The number of amides is 1. The van der Waals surface area contributed by atoms with E-state index in [1.54, 1.807) is 10.7 Å². The highest BCUT2D eigenvalue weighted by molar-refractivity contribution is 6.06. The quantitative estimate of drug-likeness (QED) is 0.890. The van der Waals surface area contributed by atoms with Gasteiger partial charge in [-0.1, -0.05) is 26.0 Å². The number of rotatable bonds is 6. The van der Waals surface area contributed by atoms with Crippen LogP contribution < -0.4 is 10.1 Å². The molecule has 0 bridgehead atoms. The molecule has 0 aliphatic carbocycles. The molecule has 0 unspecified atom stereocenters. The fraction of sp³-hybridized carbons (Fsp3) is 0.412. The van der Waals surface area contributed by atoms with E-state index in [-0.39, 0.29) is 5.91 Å². The third kappa shape index (κ3) is 3.30. The number of nitrogens with one attached hydrogen (secondary N) is 1. The van der Waals surface area contributed by atoms with Crippen molar-refractivity contribution in [3.8, 4) is 5.75 Å². The van der Waals surface area contributed by atoms with E-state index in [1.807, 2.05) is 39.1 Å². The van der Waals surface area contributed by atoms with Gasteiger partial charge in [-0.3, -0.25) is 9.48 Å². The van der Waals surface area contributed by atoms with Gasteiger partial charge in [-0.25, -0.2) is 0 Å². The van der Waals surface area contributed by atoms with Gasteiger partial charge in [0.1, 0.15) is 11.6 Å². The summed E-state index contributed by atoms with van der Waals surface area (Å²) in [6.45, 7) is 6.65. The van der Waals surface area contributed by atoms with Crippen LogP contribution in [0.4, 0.5) is 5.82 Å². The van der Waals surface area contributed by atoms with Crippen LogP contribution in [0.25, 0.3) is 0 Å². The molecule has 118 valence electrons. The van der Waals surface area contributed by atoms with Crippen LogP contribution in [0.5, 0.6) is 5.75 Å². The number of anilines is 1. The minimum atomic E-state index is -0.180. The van der Waals surface area contributed by atoms with E-state index in [0.717, 1.165) is 29.9 Å². The summed E-state index contributed by atoms with van der Waals surface area (Å²) >= 11 is 0. The number of benzene rings is 1. The van der Waals surface area contributed by atoms with Crippen molar-refractivity contribution < 1.29 is 9.53 Å². The van der Waals surface area contributed by atoms with E-state index in [0.29, 0.717) is 17.9 Å². The van der Waals surface area contributed by atoms with E-state index in [9.17, 15) is 4.79 Å². The smallest absolute Gasteiger partial charge is 0.260 e. The van der Waals surface area contributed by atoms with Crippen molar-refractivity contribution in [2.24, 2.45) is 7.05 Å². The van der Waals surface area contributed by atoms with E-state index in [2.05, 4.69) is 17.3 Å². The largest absolute Gasteiger partial charge is 0.493 e. The van der Waals surface area contributed by atoms with Crippen molar-refractivity contribution in [3.63, 3.8) is 0 Å². The molecular formula is C17H23N3O2. The number of aromatic nitrogens is 2. The molecule has 22 heavy (non-hydrogen) atoms. The predicted molar refractivity (Wildman–Crippen MR) is 87.5 cm³/mol. The van der Waals surface area contributed by atoms with E-state index >= 15 is 0 Å². The summed E-state index contributed by atoms with van der Waals surface area (Å²) in [7, 11) is 1.83. The molecule has 2 rings (SSSR count). The Hall–Kier alpha value is -2.30. The molecule has 1 N–H and O–H groups in total. The molecule has 1 aromatic carbocycles. The third-order valence-corrected chi connectivity index (χ3v) is 3.54. The van der Waals surface area contributed by atoms with Gasteiger partial charge in [0.15, 0.2) is 0 Å². The van der Waals surface area contributed by atoms with Crippen molar-refractivity contribution in [1.82, 2.24) is 9.78 Å². The number of nitrogens with zero attached hydrogens (tertiary/aromatic N) is 2. The average Bonchev–Trinajstić information content (AvgIpc) is 2.80. The lowest BCUT2D eigenvalue weighted by Gasteiger charge is -2.11. The number of ether oxygens (including phenoxy) is 1. The summed E-state index contributed by atoms with van der Waals surface area (Å²) in [5, 5.41) is 7.37. The first kappa shape index (κ1) is 16.1. The van der Waals surface area contributed by atoms with Crippen LogP contribution in [0.15, 0.2) is 24.3 Å². The van der Waals surface area contributed by atoms with E-state index in [4.69, 9.17) is 4.74 Å². The molecule has 1 heterocycles. The molecule has 0 atom stereocenters. The zero-order chi connectivity index (χ0) is 16.1. The highest BCUT2D eigenvalue weighted by atomic mass is 16.5. The fourth-order valence-corrected chi connectivity index (χ4v) is 2.36. The Labute approximate surface area is 131 Å². The minimum Gasteiger partial charge on any atom is -0.493 e. The molecule has 5 nitrogen and oxygen atoms in total. The molecule has 0 saturated carbocycles. The Balaban J connectivity index is 2.25. The first-order chi connectivity index (χ1) is 10.6. The normalized spacial score (nSPS) is 10.5. The van der Waals surface area contributed by atoms with Crippen LogP contribution in [0, 0.1) is 6.92 Å². The monoisotopic (exact) mass is 301 g/mol. The second kappa shape index (κ2) is 7.11. The lowest BCUT2D eigenvalue weighted by atomic mass is 10.1. The van der Waals surface area contributed by atoms with Crippen LogP contribution in [0.3, 0.4) is 0 Å². The zero-order valence-corrected chi connectivity index (χ0v) is 13.6. The van der Waals surface area contributed by atoms with E-state index in [1.165, 1.54) is 0 Å². The number of hydrogen-bond donors (Lipinski definition) is 1. The highest BCUT2D eigenvalue weighted by Gasteiger charge is 2.17. The average molecular weight is 301 g/mol. The van der Waals surface area contributed by atoms with Crippen LogP contribution >= 0.6 is 0 Å². The molecule has 0 fully saturated rings. The molecule has 0 spiro atoms. The number of para-hydroxylation sites is 1. The van der Waals surface area contributed by atoms with Crippen LogP contribution in [0.2, 0.25) is 0 Å². The lowest BCUT2D eigenvalue weighted by molar-refractivity contribution is 0.102. The van der Waals surface area contributed by atoms with Crippen molar-refractivity contribution in [2.75, 3.05) is 11.9 Å². The summed E-state index contributed by atoms with van der Waals surface area (Å²) in [6.07, 6.45) is 1.74. The summed E-state index contributed by atoms with van der Waals surface area (Å²) in [6, 6.07) is 7.29. The molecule has 2 aromatic rings. The zero-order valence-electron chi connectivity index (χ0n) is 13.6. The molecule has 0 radical (unpaired) electrons. The Kier molecular flexibility index (Phi) is 5.20. The Morgan fingerprint density at radius 3 is 2.68 bits per heavy atom. The van der Waals surface area contributed by atoms with Crippen LogP contribution in [0.1, 0.15) is 41.9 Å². The Bertz CT molecular complexity index is 662. The molecule has 0 aliphatic heterocycles. The van der Waals surface area contributed by atoms with Gasteiger partial charge < -0.3 is 10.1 Å². The predicted octanol–water partition coefficient (Wildman–Crippen LogP) is 3.33. The maximum atomic E-state index is 12.6. The van der Waals surface area contributed by atoms with Crippen LogP contribution in [-0.2, 0) is 13.5 Å². The van der Waals surface area contributed by atoms with E-state index < -0.39 is 0 Å². The topological polar surface area (TPSA) is 56.1 Å². The molecular weight excluding hydrogens is 278 g/mol. The van der Waals surface area contributed by atoms with Crippen molar-refractivity contribution in [3.05, 3.63) is 41.1 Å². The third-order valence-electron chi connectivity index (χ3n) is 3.54. The molecule has 5 heteroatoms. The summed E-state index contributed by atoms with van der Waals surface area (Å²) in [5.74, 6) is 1.16. The summed E-state index contributed by atoms with van der Waals surface area (Å²) < 4.78 is 7.36. The molecule has 0 saturated heterocycles. The van der Waals surface area contributed by atoms with Gasteiger partial charge in [-0.05, 0) is 31.9 Å². The van der Waals surface area contributed by atoms with Gasteiger partial charge in [0.2, 0.25) is 0 Å². The number of aryl methyl sites for hydroxylation is 2. The van der Waals surface area contributed by atoms with Crippen molar-refractivity contribution in [2.45, 2.75) is 33.6 Å². The minimum absolute atomic E-state index is 0.180. The van der Waals surface area contributed by atoms with Crippen molar-refractivity contribution >= 4 is 11.7 Å². The van der Waals surface area contributed by atoms with Crippen LogP contribution in [-0.4, -0.2) is 22.3 Å². The Morgan fingerprint density at radius 2 is 2.05 bits per heavy atom. The second-order valence-corrected chi connectivity index (χ2v) is 5.20. The summed E-state index contributed by atoms with van der Waals surface area (Å²) in [5.41, 5.74) is 2.54. The SMILES string of the molecule is CCCOc1ccccc1C(=O)Nc1c(C)c(CC)nn1C. The Morgan fingerprint density at radius 1 is 1.32 bits per heavy atom. The maximum Gasteiger partial charge on any atom is 0.260 e. The number of hydrogen-bond acceptors (Lipinski definition) is 3. The fourth-order valence-electron chi connectivity index (χ4n) is 2.36. The van der Waals surface area contributed by atoms with Gasteiger partial charge in [0.05, 0.1) is 17.9 Å². The van der Waals surface area contributed by atoms with Gasteiger partial charge in [0, 0.05) is 12.6 Å². The molecule has 0 aliphatic rings. The maximum absolute atomic E-state index is 12.6. The highest BCUT2D eigenvalue weighted by Crippen LogP contribution is 2.22. The van der Waals surface area contributed by atoms with Crippen molar-refractivity contribution in [1.29, 1.82) is 0 Å². The number of carbonyl (C=O) groups excluding carboxylic acids is 1. The van der Waals surface area contributed by atoms with Gasteiger partial charge in [-0.2, -0.15) is 5.10 Å². The first-order valence-corrected chi connectivity index (χ1v) is 7.64. The molecule has 1 amide bonds. The first-order valence-electron chi connectivity index (χ1n) is 7.64. The standard InChI is InChI=1S/C17H23N3O2/c1-5-11-22-15-10-8-7-9-13(15)17(21)18-16-12(3)14(6-2)19-20(16)4/h7-10H,5-6,11H2,1-4H3,(H,18,21). The second-order valence-electron chi connectivity index (χ2n) is 5.20. The lowest BCUT2D eigenvalue weighted by Crippen LogP contribution is -2.16. The summed E-state index contributed by atoms with van der Waals surface area (Å²) in [4.78, 5) is 12.6. The van der Waals surface area contributed by atoms with Gasteiger partial charge in [0.25, 0.3) is 5.91 Å². The molecule has 1 aromatic heterocycles.